The van der Waals surface area contributed by atoms with Crippen LogP contribution >= 0.6 is 0 Å². The van der Waals surface area contributed by atoms with Crippen LogP contribution in [0, 0.1) is 5.82 Å². The molecule has 2 fully saturated rings. The molecule has 1 aromatic rings. The quantitative estimate of drug-likeness (QED) is 0.902. The Hall–Kier alpha value is -1.13. The second-order valence-corrected chi connectivity index (χ2v) is 6.58. The largest absolute Gasteiger partial charge is 0.377 e. The lowest BCUT2D eigenvalue weighted by atomic mass is 9.93. The Morgan fingerprint density at radius 3 is 2.95 bits per heavy atom. The normalized spacial score (nSPS) is 26.1. The summed E-state index contributed by atoms with van der Waals surface area (Å²) in [4.78, 5) is 2.16. The molecule has 0 aromatic heterocycles. The fraction of sp³-hybridized carbons (Fsp3) is 0.647. The molecule has 1 saturated heterocycles. The predicted octanol–water partition coefficient (Wildman–Crippen LogP) is 3.08. The molecule has 0 bridgehead atoms. The number of nitrogens with one attached hydrogen (secondary N) is 1. The number of rotatable bonds is 5. The van der Waals surface area contributed by atoms with E-state index in [0.29, 0.717) is 6.04 Å². The zero-order valence-electron chi connectivity index (χ0n) is 13.0. The van der Waals surface area contributed by atoms with Gasteiger partial charge in [-0.15, -0.1) is 0 Å². The first-order valence-corrected chi connectivity index (χ1v) is 7.92. The Kier molecular flexibility index (Phi) is 4.18. The summed E-state index contributed by atoms with van der Waals surface area (Å²) in [5.41, 5.74) is 1.64. The van der Waals surface area contributed by atoms with Crippen LogP contribution in [0.15, 0.2) is 18.2 Å². The van der Waals surface area contributed by atoms with Gasteiger partial charge in [-0.2, -0.15) is 0 Å². The van der Waals surface area contributed by atoms with Gasteiger partial charge in [-0.3, -0.25) is 0 Å². The number of para-hydroxylation sites is 1. The van der Waals surface area contributed by atoms with Gasteiger partial charge in [-0.1, -0.05) is 12.1 Å². The van der Waals surface area contributed by atoms with E-state index in [-0.39, 0.29) is 11.4 Å². The zero-order valence-corrected chi connectivity index (χ0v) is 13.0. The Labute approximate surface area is 126 Å². The second-order valence-electron chi connectivity index (χ2n) is 6.58. The Morgan fingerprint density at radius 2 is 2.24 bits per heavy atom. The van der Waals surface area contributed by atoms with Gasteiger partial charge in [-0.25, -0.2) is 4.39 Å². The molecule has 1 unspecified atom stereocenters. The first kappa shape index (κ1) is 14.8. The van der Waals surface area contributed by atoms with Crippen LogP contribution in [0.4, 0.5) is 10.1 Å². The summed E-state index contributed by atoms with van der Waals surface area (Å²) < 4.78 is 20.1. The fourth-order valence-corrected chi connectivity index (χ4v) is 3.16. The van der Waals surface area contributed by atoms with Gasteiger partial charge in [0.15, 0.2) is 0 Å². The number of hydrogen-bond donors (Lipinski definition) is 1. The van der Waals surface area contributed by atoms with Crippen molar-refractivity contribution < 1.29 is 9.13 Å². The number of piperidine rings is 1. The van der Waals surface area contributed by atoms with Crippen molar-refractivity contribution in [3.8, 4) is 0 Å². The van der Waals surface area contributed by atoms with Crippen LogP contribution in [0.1, 0.15) is 38.2 Å². The maximum absolute atomic E-state index is 14.4. The number of halogens is 1. The number of nitrogens with zero attached hydrogens (tertiary/aromatic N) is 1. The van der Waals surface area contributed by atoms with E-state index < -0.39 is 0 Å². The molecule has 1 saturated carbocycles. The highest BCUT2D eigenvalue weighted by Crippen LogP contribution is 2.32. The summed E-state index contributed by atoms with van der Waals surface area (Å²) in [5.74, 6) is -0.120. The Balaban J connectivity index is 1.81. The van der Waals surface area contributed by atoms with E-state index in [9.17, 15) is 4.39 Å². The van der Waals surface area contributed by atoms with Gasteiger partial charge in [0.2, 0.25) is 0 Å². The lowest BCUT2D eigenvalue weighted by Crippen LogP contribution is -2.48. The molecule has 2 aliphatic rings. The van der Waals surface area contributed by atoms with Crippen molar-refractivity contribution in [3.05, 3.63) is 29.6 Å². The first-order chi connectivity index (χ1) is 10.1. The number of anilines is 1. The second kappa shape index (κ2) is 5.93. The minimum Gasteiger partial charge on any atom is -0.377 e. The molecule has 1 atom stereocenters. The van der Waals surface area contributed by atoms with Crippen LogP contribution < -0.4 is 10.2 Å². The molecule has 1 aromatic carbocycles. The first-order valence-electron chi connectivity index (χ1n) is 7.92. The summed E-state index contributed by atoms with van der Waals surface area (Å²) in [6.07, 6.45) is 4.56. The van der Waals surface area contributed by atoms with Gasteiger partial charge in [-0.05, 0) is 44.2 Å². The highest BCUT2D eigenvalue weighted by atomic mass is 19.1. The van der Waals surface area contributed by atoms with Gasteiger partial charge >= 0.3 is 0 Å². The molecule has 116 valence electrons. The van der Waals surface area contributed by atoms with Crippen LogP contribution in [0.25, 0.3) is 0 Å². The summed E-state index contributed by atoms with van der Waals surface area (Å²) >= 11 is 0. The fourth-order valence-electron chi connectivity index (χ4n) is 3.16. The highest BCUT2D eigenvalue weighted by Gasteiger charge is 2.32. The monoisotopic (exact) mass is 292 g/mol. The van der Waals surface area contributed by atoms with E-state index in [1.807, 2.05) is 12.1 Å². The van der Waals surface area contributed by atoms with Gasteiger partial charge < -0.3 is 15.0 Å². The molecule has 0 spiro atoms. The summed E-state index contributed by atoms with van der Waals surface area (Å²) in [7, 11) is 1.75. The van der Waals surface area contributed by atoms with E-state index in [1.54, 1.807) is 13.2 Å². The van der Waals surface area contributed by atoms with E-state index in [1.165, 1.54) is 12.8 Å². The van der Waals surface area contributed by atoms with Crippen LogP contribution in [-0.2, 0) is 11.3 Å². The van der Waals surface area contributed by atoms with Crippen molar-refractivity contribution in [1.82, 2.24) is 5.32 Å². The third kappa shape index (κ3) is 3.38. The van der Waals surface area contributed by atoms with E-state index >= 15 is 0 Å². The lowest BCUT2D eigenvalue weighted by Gasteiger charge is -2.41. The minimum atomic E-state index is -0.179. The predicted molar refractivity (Wildman–Crippen MR) is 83.1 cm³/mol. The summed E-state index contributed by atoms with van der Waals surface area (Å²) in [6.45, 7) is 4.51. The third-order valence-corrected chi connectivity index (χ3v) is 4.70. The van der Waals surface area contributed by atoms with E-state index in [4.69, 9.17) is 4.74 Å². The maximum atomic E-state index is 14.4. The molecular formula is C17H25FN2O. The summed E-state index contributed by atoms with van der Waals surface area (Å²) in [6, 6.07) is 6.04. The summed E-state index contributed by atoms with van der Waals surface area (Å²) in [5, 5.41) is 3.49. The Morgan fingerprint density at radius 1 is 1.43 bits per heavy atom. The number of methoxy groups -OCH3 is 1. The van der Waals surface area contributed by atoms with Crippen LogP contribution in [-0.4, -0.2) is 31.8 Å². The van der Waals surface area contributed by atoms with Crippen molar-refractivity contribution in [2.75, 3.05) is 25.1 Å². The van der Waals surface area contributed by atoms with Gasteiger partial charge in [0, 0.05) is 32.8 Å². The molecule has 0 amide bonds. The molecule has 1 heterocycles. The molecule has 1 N–H and O–H groups in total. The molecule has 0 radical (unpaired) electrons. The maximum Gasteiger partial charge on any atom is 0.146 e. The topological polar surface area (TPSA) is 24.5 Å². The van der Waals surface area contributed by atoms with Crippen LogP contribution in [0.2, 0.25) is 0 Å². The molecule has 3 nitrogen and oxygen atoms in total. The van der Waals surface area contributed by atoms with Crippen LogP contribution in [0.3, 0.4) is 0 Å². The molecular weight excluding hydrogens is 267 g/mol. The van der Waals surface area contributed by atoms with Crippen molar-refractivity contribution in [2.24, 2.45) is 0 Å². The van der Waals surface area contributed by atoms with Crippen molar-refractivity contribution in [1.29, 1.82) is 0 Å². The number of ether oxygens (including phenoxy) is 1. The molecule has 21 heavy (non-hydrogen) atoms. The standard InChI is InChI=1S/C17H25FN2O/c1-17(21-2)9-4-10-20(12-17)16-13(5-3-6-15(16)18)11-19-14-7-8-14/h3,5-6,14,19H,4,7-12H2,1-2H3. The SMILES string of the molecule is COC1(C)CCCN(c2c(F)cccc2CNC2CC2)C1. The van der Waals surface area contributed by atoms with E-state index in [2.05, 4.69) is 17.1 Å². The molecule has 3 rings (SSSR count). The molecule has 1 aliphatic carbocycles. The van der Waals surface area contributed by atoms with Crippen molar-refractivity contribution in [2.45, 2.75) is 50.8 Å². The Bertz CT molecular complexity index is 504. The zero-order chi connectivity index (χ0) is 14.9. The number of hydrogen-bond acceptors (Lipinski definition) is 3. The average molecular weight is 292 g/mol. The average Bonchev–Trinajstić information content (AvgIpc) is 3.29. The molecule has 4 heteroatoms. The van der Waals surface area contributed by atoms with Gasteiger partial charge in [0.1, 0.15) is 5.82 Å². The van der Waals surface area contributed by atoms with Gasteiger partial charge in [0.25, 0.3) is 0 Å². The lowest BCUT2D eigenvalue weighted by molar-refractivity contribution is -0.00480. The third-order valence-electron chi connectivity index (χ3n) is 4.70. The smallest absolute Gasteiger partial charge is 0.146 e. The minimum absolute atomic E-state index is 0.120. The highest BCUT2D eigenvalue weighted by molar-refractivity contribution is 5.55. The van der Waals surface area contributed by atoms with Crippen molar-refractivity contribution >= 4 is 5.69 Å². The molecule has 1 aliphatic heterocycles. The van der Waals surface area contributed by atoms with Crippen molar-refractivity contribution in [3.63, 3.8) is 0 Å². The number of benzene rings is 1. The van der Waals surface area contributed by atoms with Gasteiger partial charge in [0.05, 0.1) is 11.3 Å². The van der Waals surface area contributed by atoms with E-state index in [0.717, 1.165) is 43.7 Å². The van der Waals surface area contributed by atoms with Crippen LogP contribution in [0.5, 0.6) is 0 Å².